The van der Waals surface area contributed by atoms with Crippen LogP contribution in [0.15, 0.2) is 18.5 Å². The Morgan fingerprint density at radius 3 is 2.00 bits per heavy atom. The Bertz CT molecular complexity index is 298. The highest BCUT2D eigenvalue weighted by Crippen LogP contribution is 2.43. The first-order valence-corrected chi connectivity index (χ1v) is 3.32. The highest BCUT2D eigenvalue weighted by atomic mass is 19.4. The lowest BCUT2D eigenvalue weighted by atomic mass is 10.2. The van der Waals surface area contributed by atoms with E-state index in [2.05, 4.69) is 0 Å². The van der Waals surface area contributed by atoms with E-state index in [1.807, 2.05) is 0 Å². The minimum absolute atomic E-state index is 0.744. The summed E-state index contributed by atoms with van der Waals surface area (Å²) in [6.45, 7) is 0. The first kappa shape index (κ1) is 10.0. The molecule has 1 nitrogen and oxygen atoms in total. The minimum Gasteiger partial charge on any atom is -0.357 e. The van der Waals surface area contributed by atoms with Crippen molar-refractivity contribution in [2.45, 2.75) is 12.1 Å². The van der Waals surface area contributed by atoms with Crippen LogP contribution in [-0.4, -0.2) is 10.7 Å². The van der Waals surface area contributed by atoms with Crippen molar-refractivity contribution in [3.05, 3.63) is 24.0 Å². The number of hydrogen-bond donors (Lipinski definition) is 0. The van der Waals surface area contributed by atoms with Crippen molar-refractivity contribution in [1.29, 1.82) is 0 Å². The smallest absolute Gasteiger partial charge is 0.357 e. The van der Waals surface area contributed by atoms with Crippen molar-refractivity contribution in [1.82, 2.24) is 4.57 Å². The van der Waals surface area contributed by atoms with E-state index in [-0.39, 0.29) is 0 Å². The summed E-state index contributed by atoms with van der Waals surface area (Å²) in [5.41, 5.74) is -1.04. The molecular weight excluding hydrogens is 193 g/mol. The van der Waals surface area contributed by atoms with Gasteiger partial charge in [-0.1, -0.05) is 0 Å². The summed E-state index contributed by atoms with van der Waals surface area (Å²) in [4.78, 5) is 0. The molecule has 1 rings (SSSR count). The van der Waals surface area contributed by atoms with Crippen LogP contribution in [0.1, 0.15) is 5.56 Å². The fraction of sp³-hybridized carbons (Fsp3) is 0.429. The lowest BCUT2D eigenvalue weighted by molar-refractivity contribution is -0.289. The maximum absolute atomic E-state index is 12.5. The Balaban J connectivity index is 3.07. The molecule has 0 saturated heterocycles. The van der Waals surface area contributed by atoms with Crippen LogP contribution in [-0.2, 0) is 13.0 Å². The van der Waals surface area contributed by atoms with Gasteiger partial charge in [-0.3, -0.25) is 0 Å². The van der Waals surface area contributed by atoms with Crippen molar-refractivity contribution in [2.24, 2.45) is 7.05 Å². The average Bonchev–Trinajstić information content (AvgIpc) is 2.33. The SMILES string of the molecule is Cn1ccc(C(F)(F)C(F)(F)F)c1. The third-order valence-corrected chi connectivity index (χ3v) is 1.55. The summed E-state index contributed by atoms with van der Waals surface area (Å²) in [6, 6.07) is 0.744. The third kappa shape index (κ3) is 1.66. The second-order valence-corrected chi connectivity index (χ2v) is 2.64. The molecule has 6 heteroatoms. The summed E-state index contributed by atoms with van der Waals surface area (Å²) in [7, 11) is 1.37. The van der Waals surface area contributed by atoms with Gasteiger partial charge in [0.05, 0.1) is 0 Å². The van der Waals surface area contributed by atoms with Gasteiger partial charge in [-0.05, 0) is 6.07 Å². The van der Waals surface area contributed by atoms with E-state index >= 15 is 0 Å². The van der Waals surface area contributed by atoms with Crippen molar-refractivity contribution in [3.8, 4) is 0 Å². The zero-order valence-corrected chi connectivity index (χ0v) is 6.57. The number of hydrogen-bond acceptors (Lipinski definition) is 0. The summed E-state index contributed by atoms with van der Waals surface area (Å²) >= 11 is 0. The van der Waals surface area contributed by atoms with Crippen LogP contribution in [0.5, 0.6) is 0 Å². The lowest BCUT2D eigenvalue weighted by Crippen LogP contribution is -2.33. The zero-order chi connectivity index (χ0) is 10.3. The van der Waals surface area contributed by atoms with Gasteiger partial charge in [0.25, 0.3) is 0 Å². The second kappa shape index (κ2) is 2.71. The van der Waals surface area contributed by atoms with Gasteiger partial charge < -0.3 is 4.57 Å². The van der Waals surface area contributed by atoms with Crippen LogP contribution in [0.3, 0.4) is 0 Å². The van der Waals surface area contributed by atoms with Crippen molar-refractivity contribution >= 4 is 0 Å². The van der Waals surface area contributed by atoms with Crippen LogP contribution in [0, 0.1) is 0 Å². The molecule has 0 aliphatic rings. The maximum Gasteiger partial charge on any atom is 0.458 e. The average molecular weight is 199 g/mol. The Hall–Kier alpha value is -1.07. The molecule has 0 fully saturated rings. The van der Waals surface area contributed by atoms with Crippen molar-refractivity contribution in [2.75, 3.05) is 0 Å². The van der Waals surface area contributed by atoms with Crippen molar-refractivity contribution in [3.63, 3.8) is 0 Å². The lowest BCUT2D eigenvalue weighted by Gasteiger charge is -2.17. The molecule has 0 spiro atoms. The van der Waals surface area contributed by atoms with Gasteiger partial charge in [-0.15, -0.1) is 0 Å². The summed E-state index contributed by atoms with van der Waals surface area (Å²) in [5, 5.41) is 0. The quantitative estimate of drug-likeness (QED) is 0.613. The van der Waals surface area contributed by atoms with Gasteiger partial charge in [0.15, 0.2) is 0 Å². The van der Waals surface area contributed by atoms with Crippen LogP contribution >= 0.6 is 0 Å². The first-order chi connectivity index (χ1) is 5.75. The molecule has 0 aliphatic carbocycles. The number of halogens is 5. The second-order valence-electron chi connectivity index (χ2n) is 2.64. The molecular formula is C7H6F5N. The van der Waals surface area contributed by atoms with Gasteiger partial charge >= 0.3 is 12.1 Å². The van der Waals surface area contributed by atoms with Gasteiger partial charge in [-0.25, -0.2) is 0 Å². The fourth-order valence-corrected chi connectivity index (χ4v) is 0.853. The molecule has 0 N–H and O–H groups in total. The van der Waals surface area contributed by atoms with Crippen molar-refractivity contribution < 1.29 is 22.0 Å². The van der Waals surface area contributed by atoms with Gasteiger partial charge in [0.1, 0.15) is 0 Å². The number of rotatable bonds is 1. The largest absolute Gasteiger partial charge is 0.458 e. The van der Waals surface area contributed by atoms with Gasteiger partial charge in [-0.2, -0.15) is 22.0 Å². The molecule has 1 heterocycles. The minimum atomic E-state index is -5.53. The standard InChI is InChI=1S/C7H6F5N/c1-13-3-2-5(4-13)6(8,9)7(10,11)12/h2-4H,1H3. The number of nitrogens with zero attached hydrogens (tertiary/aromatic N) is 1. The Labute approximate surface area is 70.8 Å². The molecule has 74 valence electrons. The van der Waals surface area contributed by atoms with E-state index in [4.69, 9.17) is 0 Å². The molecule has 0 bridgehead atoms. The van der Waals surface area contributed by atoms with E-state index in [1.54, 1.807) is 0 Å². The van der Waals surface area contributed by atoms with Gasteiger partial charge in [0.2, 0.25) is 0 Å². The van der Waals surface area contributed by atoms with Crippen LogP contribution in [0.25, 0.3) is 0 Å². The number of aryl methyl sites for hydroxylation is 1. The summed E-state index contributed by atoms with van der Waals surface area (Å²) in [5.74, 6) is -4.77. The molecule has 0 aliphatic heterocycles. The molecule has 0 saturated carbocycles. The topological polar surface area (TPSA) is 4.93 Å². The van der Waals surface area contributed by atoms with E-state index in [9.17, 15) is 22.0 Å². The zero-order valence-electron chi connectivity index (χ0n) is 6.57. The Morgan fingerprint density at radius 2 is 1.69 bits per heavy atom. The van der Waals surface area contributed by atoms with Gasteiger partial charge in [0, 0.05) is 25.0 Å². The third-order valence-electron chi connectivity index (χ3n) is 1.55. The molecule has 1 aromatic rings. The van der Waals surface area contributed by atoms with E-state index in [1.165, 1.54) is 7.05 Å². The predicted molar refractivity (Wildman–Crippen MR) is 35.4 cm³/mol. The Kier molecular flexibility index (Phi) is 2.09. The summed E-state index contributed by atoms with van der Waals surface area (Å²) in [6.07, 6.45) is -3.66. The van der Waals surface area contributed by atoms with E-state index in [0.29, 0.717) is 0 Å². The monoisotopic (exact) mass is 199 g/mol. The molecule has 0 atom stereocenters. The van der Waals surface area contributed by atoms with Crippen LogP contribution < -0.4 is 0 Å². The molecule has 0 unspecified atom stereocenters. The normalized spacial score (nSPS) is 13.4. The van der Waals surface area contributed by atoms with Crippen LogP contribution in [0.2, 0.25) is 0 Å². The van der Waals surface area contributed by atoms with Crippen LogP contribution in [0.4, 0.5) is 22.0 Å². The molecule has 0 radical (unpaired) electrons. The highest BCUT2D eigenvalue weighted by molar-refractivity contribution is 5.18. The fourth-order valence-electron chi connectivity index (χ4n) is 0.853. The molecule has 13 heavy (non-hydrogen) atoms. The highest BCUT2D eigenvalue weighted by Gasteiger charge is 2.58. The van der Waals surface area contributed by atoms with E-state index < -0.39 is 17.7 Å². The maximum atomic E-state index is 12.5. The molecule has 1 aromatic heterocycles. The Morgan fingerprint density at radius 1 is 1.15 bits per heavy atom. The number of alkyl halides is 5. The first-order valence-electron chi connectivity index (χ1n) is 3.32. The van der Waals surface area contributed by atoms with E-state index in [0.717, 1.165) is 23.0 Å². The molecule has 0 aromatic carbocycles. The molecule has 0 amide bonds. The predicted octanol–water partition coefficient (Wildman–Crippen LogP) is 2.68. The summed E-state index contributed by atoms with van der Waals surface area (Å²) < 4.78 is 61.5. The number of aromatic nitrogens is 1.